The van der Waals surface area contributed by atoms with Crippen LogP contribution in [0.1, 0.15) is 25.5 Å². The van der Waals surface area contributed by atoms with Gasteiger partial charge in [0.25, 0.3) is 5.56 Å². The summed E-state index contributed by atoms with van der Waals surface area (Å²) in [5.74, 6) is -0.796. The normalized spacial score (nSPS) is 12.2. The van der Waals surface area contributed by atoms with E-state index in [-0.39, 0.29) is 11.5 Å². The van der Waals surface area contributed by atoms with Gasteiger partial charge in [-0.1, -0.05) is 0 Å². The van der Waals surface area contributed by atoms with Crippen LogP contribution in [0.5, 0.6) is 5.88 Å². The van der Waals surface area contributed by atoms with Crippen LogP contribution in [0.25, 0.3) is 0 Å². The Labute approximate surface area is 104 Å². The van der Waals surface area contributed by atoms with E-state index in [4.69, 9.17) is 0 Å². The first-order valence-electron chi connectivity index (χ1n) is 5.60. The zero-order chi connectivity index (χ0) is 14.0. The maximum Gasteiger partial charge on any atom is 0.331 e. The molecular weight excluding hydrogens is 238 g/mol. The lowest BCUT2D eigenvalue weighted by atomic mass is 10.2. The summed E-state index contributed by atoms with van der Waals surface area (Å²) in [4.78, 5) is 38.3. The molecule has 0 fully saturated rings. The van der Waals surface area contributed by atoms with Crippen molar-refractivity contribution in [2.45, 2.75) is 26.8 Å². The van der Waals surface area contributed by atoms with Gasteiger partial charge in [0.1, 0.15) is 6.04 Å². The largest absolute Gasteiger partial charge is 0.494 e. The van der Waals surface area contributed by atoms with Gasteiger partial charge >= 0.3 is 5.69 Å². The number of aromatic nitrogens is 2. The molecule has 1 aromatic rings. The highest BCUT2D eigenvalue weighted by atomic mass is 16.3. The second-order valence-corrected chi connectivity index (χ2v) is 4.11. The summed E-state index contributed by atoms with van der Waals surface area (Å²) in [6, 6.07) is -0.877. The molecule has 0 spiro atoms. The quantitative estimate of drug-likeness (QED) is 0.767. The number of aromatic hydroxyl groups is 1. The lowest BCUT2D eigenvalue weighted by molar-refractivity contribution is -0.133. The molecule has 0 radical (unpaired) electrons. The first kappa shape index (κ1) is 14.0. The molecule has 0 bridgehead atoms. The van der Waals surface area contributed by atoms with Gasteiger partial charge in [-0.3, -0.25) is 19.1 Å². The van der Waals surface area contributed by atoms with Gasteiger partial charge in [-0.05, 0) is 20.8 Å². The van der Waals surface area contributed by atoms with Gasteiger partial charge in [0.15, 0.2) is 0 Å². The first-order valence-corrected chi connectivity index (χ1v) is 5.60. The Bertz CT molecular complexity index is 573. The second kappa shape index (κ2) is 5.07. The molecule has 0 aromatic carbocycles. The molecule has 2 N–H and O–H groups in total. The minimum absolute atomic E-state index is 0.00778. The van der Waals surface area contributed by atoms with Crippen LogP contribution < -0.4 is 11.2 Å². The number of rotatable bonds is 3. The van der Waals surface area contributed by atoms with Crippen LogP contribution in [0.4, 0.5) is 0 Å². The number of carbonyl (C=O) groups excluding carboxylic acids is 1. The summed E-state index contributed by atoms with van der Waals surface area (Å²) < 4.78 is 0.880. The molecule has 0 saturated heterocycles. The third-order valence-corrected chi connectivity index (χ3v) is 2.94. The standard InChI is InChI=1S/C11H17N3O4/c1-5-13(4)10(17)7(3)14-9(16)6(2)8(15)12-11(14)18/h7,16H,5H2,1-4H3,(H,12,15,18). The molecular formula is C11H17N3O4. The van der Waals surface area contributed by atoms with Crippen molar-refractivity contribution < 1.29 is 9.90 Å². The molecule has 1 rings (SSSR count). The molecule has 0 aliphatic rings. The molecule has 1 amide bonds. The Balaban J connectivity index is 3.35. The van der Waals surface area contributed by atoms with Crippen molar-refractivity contribution in [3.05, 3.63) is 26.4 Å². The fraction of sp³-hybridized carbons (Fsp3) is 0.545. The van der Waals surface area contributed by atoms with E-state index in [1.165, 1.54) is 18.7 Å². The summed E-state index contributed by atoms with van der Waals surface area (Å²) in [7, 11) is 1.60. The average Bonchev–Trinajstić information content (AvgIpc) is 2.34. The van der Waals surface area contributed by atoms with Crippen molar-refractivity contribution in [1.29, 1.82) is 0 Å². The predicted molar refractivity (Wildman–Crippen MR) is 65.7 cm³/mol. The van der Waals surface area contributed by atoms with E-state index in [0.29, 0.717) is 6.54 Å². The molecule has 18 heavy (non-hydrogen) atoms. The smallest absolute Gasteiger partial charge is 0.331 e. The number of hydrogen-bond donors (Lipinski definition) is 2. The molecule has 0 aliphatic carbocycles. The van der Waals surface area contributed by atoms with E-state index in [1.807, 2.05) is 0 Å². The van der Waals surface area contributed by atoms with Crippen LogP contribution >= 0.6 is 0 Å². The summed E-state index contributed by atoms with van der Waals surface area (Å²) in [5, 5.41) is 9.81. The lowest BCUT2D eigenvalue weighted by Crippen LogP contribution is -2.40. The van der Waals surface area contributed by atoms with E-state index in [2.05, 4.69) is 4.98 Å². The Morgan fingerprint density at radius 1 is 1.50 bits per heavy atom. The number of hydrogen-bond acceptors (Lipinski definition) is 4. The van der Waals surface area contributed by atoms with E-state index in [9.17, 15) is 19.5 Å². The average molecular weight is 255 g/mol. The third kappa shape index (κ3) is 2.29. The van der Waals surface area contributed by atoms with E-state index < -0.39 is 23.2 Å². The predicted octanol–water partition coefficient (Wildman–Crippen LogP) is -0.410. The Morgan fingerprint density at radius 3 is 2.56 bits per heavy atom. The van der Waals surface area contributed by atoms with Crippen molar-refractivity contribution >= 4 is 5.91 Å². The Kier molecular flexibility index (Phi) is 3.95. The minimum atomic E-state index is -0.877. The van der Waals surface area contributed by atoms with Crippen LogP contribution in [0.15, 0.2) is 9.59 Å². The number of H-pyrrole nitrogens is 1. The van der Waals surface area contributed by atoms with Crippen LogP contribution in [0.3, 0.4) is 0 Å². The van der Waals surface area contributed by atoms with Gasteiger partial charge in [0, 0.05) is 13.6 Å². The number of nitrogens with one attached hydrogen (secondary N) is 1. The van der Waals surface area contributed by atoms with Gasteiger partial charge in [0.2, 0.25) is 11.8 Å². The summed E-state index contributed by atoms with van der Waals surface area (Å²) >= 11 is 0. The topological polar surface area (TPSA) is 95.4 Å². The molecule has 1 unspecified atom stereocenters. The van der Waals surface area contributed by atoms with Crippen molar-refractivity contribution in [1.82, 2.24) is 14.5 Å². The third-order valence-electron chi connectivity index (χ3n) is 2.94. The minimum Gasteiger partial charge on any atom is -0.494 e. The summed E-state index contributed by atoms with van der Waals surface area (Å²) in [6.07, 6.45) is 0. The van der Waals surface area contributed by atoms with E-state index in [1.54, 1.807) is 14.0 Å². The summed E-state index contributed by atoms with van der Waals surface area (Å²) in [5.41, 5.74) is -1.45. The van der Waals surface area contributed by atoms with Crippen LogP contribution in [-0.2, 0) is 4.79 Å². The van der Waals surface area contributed by atoms with Crippen molar-refractivity contribution in [3.8, 4) is 5.88 Å². The van der Waals surface area contributed by atoms with E-state index in [0.717, 1.165) is 4.57 Å². The summed E-state index contributed by atoms with van der Waals surface area (Å²) in [6.45, 7) is 5.16. The monoisotopic (exact) mass is 255 g/mol. The highest BCUT2D eigenvalue weighted by Gasteiger charge is 2.23. The maximum atomic E-state index is 11.9. The number of aromatic amines is 1. The fourth-order valence-corrected chi connectivity index (χ4v) is 1.57. The molecule has 0 saturated carbocycles. The number of amides is 1. The molecule has 0 aliphatic heterocycles. The van der Waals surface area contributed by atoms with Gasteiger partial charge < -0.3 is 10.0 Å². The number of likely N-dealkylation sites (N-methyl/N-ethyl adjacent to an activating group) is 1. The fourth-order valence-electron chi connectivity index (χ4n) is 1.57. The highest BCUT2D eigenvalue weighted by molar-refractivity contribution is 5.80. The van der Waals surface area contributed by atoms with Crippen molar-refractivity contribution in [3.63, 3.8) is 0 Å². The molecule has 1 aromatic heterocycles. The molecule has 1 atom stereocenters. The molecule has 7 heteroatoms. The lowest BCUT2D eigenvalue weighted by Gasteiger charge is -2.22. The number of nitrogens with zero attached hydrogens (tertiary/aromatic N) is 2. The van der Waals surface area contributed by atoms with Gasteiger partial charge in [0.05, 0.1) is 5.56 Å². The SMILES string of the molecule is CCN(C)C(=O)C(C)n1c(O)c(C)c(=O)[nH]c1=O. The van der Waals surface area contributed by atoms with Gasteiger partial charge in [-0.2, -0.15) is 0 Å². The van der Waals surface area contributed by atoms with Crippen LogP contribution in [0, 0.1) is 6.92 Å². The zero-order valence-electron chi connectivity index (χ0n) is 10.9. The van der Waals surface area contributed by atoms with Gasteiger partial charge in [-0.15, -0.1) is 0 Å². The molecule has 1 heterocycles. The van der Waals surface area contributed by atoms with Crippen molar-refractivity contribution in [2.24, 2.45) is 0 Å². The first-order chi connectivity index (χ1) is 8.31. The maximum absolute atomic E-state index is 11.9. The zero-order valence-corrected chi connectivity index (χ0v) is 10.9. The number of carbonyl (C=O) groups is 1. The second-order valence-electron chi connectivity index (χ2n) is 4.11. The Morgan fingerprint density at radius 2 is 2.06 bits per heavy atom. The highest BCUT2D eigenvalue weighted by Crippen LogP contribution is 2.16. The Hall–Kier alpha value is -2.05. The van der Waals surface area contributed by atoms with Crippen LogP contribution in [0.2, 0.25) is 0 Å². The van der Waals surface area contributed by atoms with E-state index >= 15 is 0 Å². The molecule has 7 nitrogen and oxygen atoms in total. The molecule has 100 valence electrons. The van der Waals surface area contributed by atoms with Crippen molar-refractivity contribution in [2.75, 3.05) is 13.6 Å². The van der Waals surface area contributed by atoms with Gasteiger partial charge in [-0.25, -0.2) is 4.79 Å². The van der Waals surface area contributed by atoms with Crippen LogP contribution in [-0.4, -0.2) is 39.1 Å².